The normalized spacial score (nSPS) is 18.6. The zero-order valence-electron chi connectivity index (χ0n) is 20.5. The van der Waals surface area contributed by atoms with Gasteiger partial charge in [-0.15, -0.1) is 0 Å². The molecule has 8 nitrogen and oxygen atoms in total. The Bertz CT molecular complexity index is 1540. The van der Waals surface area contributed by atoms with Gasteiger partial charge in [-0.3, -0.25) is 15.0 Å². The molecule has 37 heavy (non-hydrogen) atoms. The second kappa shape index (κ2) is 9.48. The molecule has 1 aromatic heterocycles. The minimum atomic E-state index is -0.471. The van der Waals surface area contributed by atoms with E-state index < -0.39 is 5.91 Å². The smallest absolute Gasteiger partial charge is 0.283 e. The standard InChI is InChI=1S/C28H26N6O2S/c1-18-8-2-3-9-19(18)16-33-17-20(21-10-4-5-11-23(21)33)14-22-26(29)34-28(30-27(22)36)37-24(31-34)15-25(35)32-12-6-7-13-32/h2-5,8-11,14,17,29H,6-7,12-13,15-16H2,1H3/b22-14+,29-26?. The van der Waals surface area contributed by atoms with E-state index in [0.29, 0.717) is 16.8 Å². The number of aryl methyl sites for hydroxylation is 1. The van der Waals surface area contributed by atoms with E-state index >= 15 is 0 Å². The van der Waals surface area contributed by atoms with Gasteiger partial charge in [0.1, 0.15) is 5.04 Å². The number of nitrogens with zero attached hydrogens (tertiary/aromatic N) is 5. The van der Waals surface area contributed by atoms with Crippen molar-refractivity contribution >= 4 is 56.6 Å². The Labute approximate surface area is 218 Å². The van der Waals surface area contributed by atoms with Crippen molar-refractivity contribution < 1.29 is 9.59 Å². The number of fused-ring (bicyclic) bond motifs is 2. The van der Waals surface area contributed by atoms with Crippen LogP contribution in [-0.2, 0) is 16.1 Å². The minimum Gasteiger partial charge on any atom is -0.342 e. The molecule has 1 saturated heterocycles. The number of rotatable bonds is 5. The van der Waals surface area contributed by atoms with Gasteiger partial charge in [-0.2, -0.15) is 15.1 Å². The summed E-state index contributed by atoms with van der Waals surface area (Å²) in [6.45, 7) is 4.36. The SMILES string of the molecule is Cc1ccccc1Cn1cc(/C=C2\C(=N)N3N=C(CC(=O)N4CCCC4)SC3=NC2=O)c2ccccc21. The van der Waals surface area contributed by atoms with Crippen LogP contribution in [0.1, 0.15) is 36.0 Å². The van der Waals surface area contributed by atoms with Crippen LogP contribution in [0.2, 0.25) is 0 Å². The first-order valence-electron chi connectivity index (χ1n) is 12.4. The number of aliphatic imine (C=N–C) groups is 1. The highest BCUT2D eigenvalue weighted by molar-refractivity contribution is 8.27. The quantitative estimate of drug-likeness (QED) is 0.507. The lowest BCUT2D eigenvalue weighted by Gasteiger charge is -2.20. The monoisotopic (exact) mass is 510 g/mol. The van der Waals surface area contributed by atoms with Gasteiger partial charge in [-0.1, -0.05) is 42.5 Å². The largest absolute Gasteiger partial charge is 0.342 e. The molecule has 4 heterocycles. The van der Waals surface area contributed by atoms with Gasteiger partial charge >= 0.3 is 0 Å². The molecule has 0 bridgehead atoms. The van der Waals surface area contributed by atoms with E-state index in [-0.39, 0.29) is 23.7 Å². The molecule has 0 aliphatic carbocycles. The number of hydrazone groups is 1. The molecule has 0 saturated carbocycles. The predicted octanol–water partition coefficient (Wildman–Crippen LogP) is 4.63. The Morgan fingerprint density at radius 1 is 1.11 bits per heavy atom. The molecule has 3 aliphatic heterocycles. The maximum absolute atomic E-state index is 13.0. The van der Waals surface area contributed by atoms with Crippen LogP contribution < -0.4 is 0 Å². The van der Waals surface area contributed by atoms with E-state index in [1.165, 1.54) is 27.9 Å². The molecule has 3 aromatic rings. The predicted molar refractivity (Wildman–Crippen MR) is 148 cm³/mol. The third-order valence-corrected chi connectivity index (χ3v) is 7.89. The van der Waals surface area contributed by atoms with Crippen molar-refractivity contribution in [3.63, 3.8) is 0 Å². The summed E-state index contributed by atoms with van der Waals surface area (Å²) in [7, 11) is 0. The van der Waals surface area contributed by atoms with Crippen LogP contribution in [-0.4, -0.2) is 55.4 Å². The van der Waals surface area contributed by atoms with Crippen molar-refractivity contribution in [2.24, 2.45) is 10.1 Å². The fraction of sp³-hybridized carbons (Fsp3) is 0.250. The first kappa shape index (κ1) is 23.4. The number of carbonyl (C=O) groups is 2. The number of benzene rings is 2. The van der Waals surface area contributed by atoms with Crippen LogP contribution in [0.3, 0.4) is 0 Å². The maximum Gasteiger partial charge on any atom is 0.283 e. The van der Waals surface area contributed by atoms with Crippen molar-refractivity contribution in [3.05, 3.63) is 77.0 Å². The third kappa shape index (κ3) is 4.40. The zero-order chi connectivity index (χ0) is 25.5. The minimum absolute atomic E-state index is 0.0261. The highest BCUT2D eigenvalue weighted by Gasteiger charge is 2.36. The van der Waals surface area contributed by atoms with Gasteiger partial charge < -0.3 is 9.47 Å². The number of thioether (sulfide) groups is 1. The molecular weight excluding hydrogens is 484 g/mol. The Kier molecular flexibility index (Phi) is 6.00. The number of amides is 2. The van der Waals surface area contributed by atoms with Crippen molar-refractivity contribution in [1.82, 2.24) is 14.5 Å². The molecule has 6 rings (SSSR count). The Hall–Kier alpha value is -3.98. The van der Waals surface area contributed by atoms with Gasteiger partial charge in [-0.25, -0.2) is 0 Å². The molecule has 9 heteroatoms. The number of amidine groups is 2. The van der Waals surface area contributed by atoms with E-state index in [0.717, 1.165) is 42.4 Å². The van der Waals surface area contributed by atoms with Crippen LogP contribution in [0.15, 0.2) is 70.4 Å². The van der Waals surface area contributed by atoms with Crippen LogP contribution in [0, 0.1) is 12.3 Å². The average Bonchev–Trinajstić information content (AvgIpc) is 3.63. The number of likely N-dealkylation sites (tertiary alicyclic amines) is 1. The molecule has 2 aromatic carbocycles. The summed E-state index contributed by atoms with van der Waals surface area (Å²) >= 11 is 1.19. The molecule has 2 amide bonds. The first-order valence-corrected chi connectivity index (χ1v) is 13.2. The summed E-state index contributed by atoms with van der Waals surface area (Å²) in [6, 6.07) is 16.3. The number of hydrogen-bond acceptors (Lipinski definition) is 5. The topological polar surface area (TPSA) is 94.1 Å². The molecule has 0 radical (unpaired) electrons. The van der Waals surface area contributed by atoms with Gasteiger partial charge in [0.05, 0.1) is 12.0 Å². The molecule has 3 aliphatic rings. The van der Waals surface area contributed by atoms with E-state index in [4.69, 9.17) is 5.41 Å². The number of para-hydroxylation sites is 1. The number of nitrogens with one attached hydrogen (secondary N) is 1. The van der Waals surface area contributed by atoms with E-state index in [1.54, 1.807) is 6.08 Å². The van der Waals surface area contributed by atoms with Crippen LogP contribution in [0.4, 0.5) is 0 Å². The van der Waals surface area contributed by atoms with Crippen molar-refractivity contribution in [2.45, 2.75) is 32.7 Å². The average molecular weight is 511 g/mol. The van der Waals surface area contributed by atoms with Crippen LogP contribution >= 0.6 is 11.8 Å². The van der Waals surface area contributed by atoms with Gasteiger partial charge in [0.2, 0.25) is 11.1 Å². The number of carbonyl (C=O) groups excluding carboxylic acids is 2. The van der Waals surface area contributed by atoms with E-state index in [2.05, 4.69) is 39.8 Å². The molecule has 1 N–H and O–H groups in total. The molecular formula is C28H26N6O2S. The van der Waals surface area contributed by atoms with E-state index in [1.807, 2.05) is 41.4 Å². The summed E-state index contributed by atoms with van der Waals surface area (Å²) in [5, 5.41) is 16.5. The summed E-state index contributed by atoms with van der Waals surface area (Å²) in [5.41, 5.74) is 4.51. The Balaban J connectivity index is 1.30. The summed E-state index contributed by atoms with van der Waals surface area (Å²) in [5.74, 6) is -0.469. The van der Waals surface area contributed by atoms with E-state index in [9.17, 15) is 9.59 Å². The van der Waals surface area contributed by atoms with Gasteiger partial charge in [0.25, 0.3) is 5.91 Å². The molecule has 1 fully saturated rings. The van der Waals surface area contributed by atoms with Gasteiger partial charge in [-0.05, 0) is 54.8 Å². The molecule has 0 unspecified atom stereocenters. The summed E-state index contributed by atoms with van der Waals surface area (Å²) < 4.78 is 2.17. The van der Waals surface area contributed by atoms with Crippen LogP contribution in [0.25, 0.3) is 17.0 Å². The number of hydrogen-bond donors (Lipinski definition) is 1. The second-order valence-corrected chi connectivity index (χ2v) is 10.5. The first-order chi connectivity index (χ1) is 18.0. The zero-order valence-corrected chi connectivity index (χ0v) is 21.3. The van der Waals surface area contributed by atoms with Crippen molar-refractivity contribution in [2.75, 3.05) is 13.1 Å². The van der Waals surface area contributed by atoms with Gasteiger partial charge in [0, 0.05) is 42.3 Å². The molecule has 0 spiro atoms. The Morgan fingerprint density at radius 2 is 1.86 bits per heavy atom. The lowest BCUT2D eigenvalue weighted by molar-refractivity contribution is -0.128. The van der Waals surface area contributed by atoms with Crippen LogP contribution in [0.5, 0.6) is 0 Å². The maximum atomic E-state index is 13.0. The molecule has 0 atom stereocenters. The second-order valence-electron chi connectivity index (χ2n) is 9.43. The lowest BCUT2D eigenvalue weighted by Crippen LogP contribution is -2.35. The number of aromatic nitrogens is 1. The Morgan fingerprint density at radius 3 is 2.68 bits per heavy atom. The fourth-order valence-corrected chi connectivity index (χ4v) is 5.83. The highest BCUT2D eigenvalue weighted by Crippen LogP contribution is 2.31. The lowest BCUT2D eigenvalue weighted by atomic mass is 10.1. The summed E-state index contributed by atoms with van der Waals surface area (Å²) in [4.78, 5) is 31.6. The third-order valence-electron chi connectivity index (χ3n) is 6.98. The highest BCUT2D eigenvalue weighted by atomic mass is 32.2. The summed E-state index contributed by atoms with van der Waals surface area (Å²) in [6.07, 6.45) is 5.96. The van der Waals surface area contributed by atoms with Crippen molar-refractivity contribution in [1.29, 1.82) is 5.41 Å². The molecule has 186 valence electrons. The van der Waals surface area contributed by atoms with Gasteiger partial charge in [0.15, 0.2) is 5.84 Å². The fourth-order valence-electron chi connectivity index (χ4n) is 4.96. The van der Waals surface area contributed by atoms with Crippen molar-refractivity contribution in [3.8, 4) is 0 Å².